The predicted octanol–water partition coefficient (Wildman–Crippen LogP) is 3.64. The summed E-state index contributed by atoms with van der Waals surface area (Å²) in [5.74, 6) is -0.855. The second-order valence-corrected chi connectivity index (χ2v) is 10.0. The van der Waals surface area contributed by atoms with E-state index in [-0.39, 0.29) is 17.6 Å². The Bertz CT molecular complexity index is 1070. The molecule has 0 spiro atoms. The number of aryl methyl sites for hydroxylation is 1. The van der Waals surface area contributed by atoms with Crippen molar-refractivity contribution in [1.29, 1.82) is 0 Å². The molecule has 2 atom stereocenters. The summed E-state index contributed by atoms with van der Waals surface area (Å²) in [7, 11) is 0. The first kappa shape index (κ1) is 25.6. The Morgan fingerprint density at radius 2 is 1.97 bits per heavy atom. The first-order valence-corrected chi connectivity index (χ1v) is 12.8. The second kappa shape index (κ2) is 13.0. The maximum Gasteiger partial charge on any atom is 0.334 e. The monoisotopic (exact) mass is 500 g/mol. The molecule has 0 bridgehead atoms. The van der Waals surface area contributed by atoms with Crippen LogP contribution in [-0.4, -0.2) is 44.3 Å². The number of amides is 1. The lowest BCUT2D eigenvalue weighted by Crippen LogP contribution is -2.39. The van der Waals surface area contributed by atoms with Gasteiger partial charge in [-0.25, -0.2) is 9.48 Å². The number of thioether (sulfide) groups is 1. The molecule has 1 aromatic carbocycles. The number of ether oxygens (including phenoxy) is 1. The average Bonchev–Trinajstić information content (AvgIpc) is 3.50. The minimum absolute atomic E-state index is 0.0459. The Morgan fingerprint density at radius 3 is 2.65 bits per heavy atom. The number of hydrogen-bond donors (Lipinski definition) is 1. The fourth-order valence-corrected chi connectivity index (χ4v) is 5.14. The number of rotatable bonds is 12. The van der Waals surface area contributed by atoms with Crippen LogP contribution in [0.15, 0.2) is 54.9 Å². The molecule has 10 heteroatoms. The number of aromatic nitrogens is 3. The van der Waals surface area contributed by atoms with Crippen molar-refractivity contribution in [3.8, 4) is 0 Å². The van der Waals surface area contributed by atoms with Crippen molar-refractivity contribution in [2.24, 2.45) is 5.92 Å². The molecule has 2 heterocycles. The molecule has 1 N–H and O–H groups in total. The number of nitrogens with one attached hydrogen (secondary N) is 1. The third-order valence-corrected chi connectivity index (χ3v) is 7.16. The average molecular weight is 501 g/mol. The summed E-state index contributed by atoms with van der Waals surface area (Å²) in [6.45, 7) is 3.94. The summed E-state index contributed by atoms with van der Waals surface area (Å²) in [6, 6.07) is 12.7. The second-order valence-electron chi connectivity index (χ2n) is 7.62. The minimum atomic E-state index is -0.913. The van der Waals surface area contributed by atoms with Gasteiger partial charge in [-0.05, 0) is 37.5 Å². The summed E-state index contributed by atoms with van der Waals surface area (Å²) >= 11 is 2.53. The van der Waals surface area contributed by atoms with Gasteiger partial charge in [0.25, 0.3) is 0 Å². The highest BCUT2D eigenvalue weighted by molar-refractivity contribution is 8.13. The highest BCUT2D eigenvalue weighted by Gasteiger charge is 2.29. The Morgan fingerprint density at radius 1 is 1.18 bits per heavy atom. The Labute approximate surface area is 207 Å². The predicted molar refractivity (Wildman–Crippen MR) is 132 cm³/mol. The number of thiophene rings is 1. The van der Waals surface area contributed by atoms with Crippen molar-refractivity contribution in [1.82, 2.24) is 20.3 Å². The van der Waals surface area contributed by atoms with Crippen molar-refractivity contribution in [3.05, 3.63) is 70.2 Å². The van der Waals surface area contributed by atoms with Gasteiger partial charge in [-0.1, -0.05) is 47.3 Å². The van der Waals surface area contributed by atoms with E-state index in [2.05, 4.69) is 15.6 Å². The highest BCUT2D eigenvalue weighted by Crippen LogP contribution is 2.26. The smallest absolute Gasteiger partial charge is 0.334 e. The number of carbonyl (C=O) groups is 3. The molecule has 0 aliphatic rings. The molecule has 3 rings (SSSR count). The first-order valence-electron chi connectivity index (χ1n) is 11.0. The van der Waals surface area contributed by atoms with Crippen molar-refractivity contribution in [3.63, 3.8) is 0 Å². The molecule has 1 amide bonds. The Hall–Kier alpha value is -2.98. The molecule has 0 aliphatic heterocycles. The molecule has 34 heavy (non-hydrogen) atoms. The third-order valence-electron chi connectivity index (χ3n) is 5.05. The van der Waals surface area contributed by atoms with E-state index in [0.29, 0.717) is 30.0 Å². The van der Waals surface area contributed by atoms with Crippen molar-refractivity contribution < 1.29 is 19.1 Å². The molecule has 2 aromatic heterocycles. The zero-order valence-electron chi connectivity index (χ0n) is 19.2. The number of nitrogens with zero attached hydrogens (tertiary/aromatic N) is 3. The van der Waals surface area contributed by atoms with Gasteiger partial charge in [0, 0.05) is 34.5 Å². The minimum Gasteiger partial charge on any atom is -0.464 e. The van der Waals surface area contributed by atoms with Gasteiger partial charge in [0.15, 0.2) is 11.2 Å². The van der Waals surface area contributed by atoms with E-state index >= 15 is 0 Å². The molecule has 0 saturated heterocycles. The summed E-state index contributed by atoms with van der Waals surface area (Å²) in [5, 5.41) is 10.6. The van der Waals surface area contributed by atoms with E-state index in [1.54, 1.807) is 24.0 Å². The van der Waals surface area contributed by atoms with Crippen LogP contribution in [0.1, 0.15) is 41.6 Å². The highest BCUT2D eigenvalue weighted by atomic mass is 32.2. The molecular weight excluding hydrogens is 472 g/mol. The molecule has 180 valence electrons. The fraction of sp³-hybridized carbons (Fsp3) is 0.375. The molecular formula is C24H28N4O4S2. The lowest BCUT2D eigenvalue weighted by Gasteiger charge is -2.21. The summed E-state index contributed by atoms with van der Waals surface area (Å²) in [6.07, 6.45) is 4.62. The fourth-order valence-electron chi connectivity index (χ4n) is 3.34. The summed E-state index contributed by atoms with van der Waals surface area (Å²) in [5.41, 5.74) is 1.12. The van der Waals surface area contributed by atoms with Gasteiger partial charge in [0.05, 0.1) is 19.3 Å². The van der Waals surface area contributed by atoms with Gasteiger partial charge < -0.3 is 10.1 Å². The van der Waals surface area contributed by atoms with Crippen LogP contribution in [0.25, 0.3) is 0 Å². The maximum atomic E-state index is 13.3. The van der Waals surface area contributed by atoms with E-state index in [9.17, 15) is 14.4 Å². The SMILES string of the molecule is CCOC(=O)C(NC(=O)C(CCc1ccccc1)CSC(C)=O)c1ccc(Cn2ccnn2)s1. The molecule has 2 unspecified atom stereocenters. The van der Waals surface area contributed by atoms with Crippen molar-refractivity contribution in [2.75, 3.05) is 12.4 Å². The molecule has 8 nitrogen and oxygen atoms in total. The van der Waals surface area contributed by atoms with E-state index in [1.165, 1.54) is 18.3 Å². The van der Waals surface area contributed by atoms with Crippen LogP contribution in [-0.2, 0) is 32.1 Å². The van der Waals surface area contributed by atoms with Crippen LogP contribution < -0.4 is 5.32 Å². The van der Waals surface area contributed by atoms with E-state index in [4.69, 9.17) is 4.74 Å². The van der Waals surface area contributed by atoms with E-state index in [0.717, 1.165) is 22.2 Å². The number of carbonyl (C=O) groups excluding carboxylic acids is 3. The Balaban J connectivity index is 1.73. The standard InChI is InChI=1S/C24H28N4O4S2/c1-3-32-24(31)22(21-12-11-20(34-21)15-28-14-13-25-27-28)26-23(30)19(16-33-17(2)29)10-9-18-7-5-4-6-8-18/h4-8,11-14,19,22H,3,9-10,15-16H2,1-2H3,(H,26,30). The van der Waals surface area contributed by atoms with E-state index in [1.807, 2.05) is 42.5 Å². The number of esters is 1. The molecule has 3 aromatic rings. The van der Waals surface area contributed by atoms with Crippen LogP contribution in [0.4, 0.5) is 0 Å². The maximum absolute atomic E-state index is 13.3. The van der Waals surface area contributed by atoms with Crippen LogP contribution >= 0.6 is 23.1 Å². The van der Waals surface area contributed by atoms with Crippen LogP contribution in [0.2, 0.25) is 0 Å². The van der Waals surface area contributed by atoms with Gasteiger partial charge in [-0.15, -0.1) is 16.4 Å². The Kier molecular flexibility index (Phi) is 9.84. The summed E-state index contributed by atoms with van der Waals surface area (Å²) < 4.78 is 6.93. The molecule has 0 radical (unpaired) electrons. The third kappa shape index (κ3) is 7.81. The normalized spacial score (nSPS) is 12.6. The van der Waals surface area contributed by atoms with Gasteiger partial charge in [-0.3, -0.25) is 9.59 Å². The molecule has 0 aliphatic carbocycles. The number of hydrogen-bond acceptors (Lipinski definition) is 8. The van der Waals surface area contributed by atoms with Crippen LogP contribution in [0, 0.1) is 5.92 Å². The van der Waals surface area contributed by atoms with Crippen molar-refractivity contribution in [2.45, 2.75) is 39.3 Å². The molecule has 0 saturated carbocycles. The topological polar surface area (TPSA) is 103 Å². The largest absolute Gasteiger partial charge is 0.464 e. The van der Waals surface area contributed by atoms with Gasteiger partial charge in [0.2, 0.25) is 5.91 Å². The number of benzene rings is 1. The lowest BCUT2D eigenvalue weighted by atomic mass is 9.99. The van der Waals surface area contributed by atoms with Gasteiger partial charge in [-0.2, -0.15) is 0 Å². The van der Waals surface area contributed by atoms with Gasteiger partial charge >= 0.3 is 5.97 Å². The lowest BCUT2D eigenvalue weighted by molar-refractivity contribution is -0.148. The van der Waals surface area contributed by atoms with Crippen LogP contribution in [0.3, 0.4) is 0 Å². The summed E-state index contributed by atoms with van der Waals surface area (Å²) in [4.78, 5) is 39.2. The van der Waals surface area contributed by atoms with Crippen LogP contribution in [0.5, 0.6) is 0 Å². The first-order chi connectivity index (χ1) is 16.5. The zero-order chi connectivity index (χ0) is 24.3. The van der Waals surface area contributed by atoms with Gasteiger partial charge in [0.1, 0.15) is 0 Å². The molecule has 0 fully saturated rings. The quantitative estimate of drug-likeness (QED) is 0.379. The van der Waals surface area contributed by atoms with E-state index < -0.39 is 17.9 Å². The zero-order valence-corrected chi connectivity index (χ0v) is 20.8. The van der Waals surface area contributed by atoms with Crippen molar-refractivity contribution >= 4 is 40.1 Å².